The SMILES string of the molecule is CS(=O)(=O)NNC(=O)c1ccc(=O)n(CC(=O)c2cccs2)c1. The molecule has 0 saturated carbocycles. The lowest BCUT2D eigenvalue weighted by molar-refractivity contribution is 0.0938. The minimum Gasteiger partial charge on any atom is -0.307 e. The fraction of sp³-hybridized carbons (Fsp3) is 0.154. The van der Waals surface area contributed by atoms with E-state index in [0.29, 0.717) is 4.88 Å². The number of hydrogen-bond acceptors (Lipinski definition) is 6. The molecule has 0 aliphatic rings. The summed E-state index contributed by atoms with van der Waals surface area (Å²) >= 11 is 1.26. The monoisotopic (exact) mass is 355 g/mol. The van der Waals surface area contributed by atoms with Gasteiger partial charge in [-0.05, 0) is 17.5 Å². The van der Waals surface area contributed by atoms with E-state index in [4.69, 9.17) is 0 Å². The van der Waals surface area contributed by atoms with Crippen LogP contribution in [0.3, 0.4) is 0 Å². The number of nitrogens with zero attached hydrogens (tertiary/aromatic N) is 1. The van der Waals surface area contributed by atoms with Gasteiger partial charge in [-0.1, -0.05) is 6.07 Å². The number of hydrogen-bond donors (Lipinski definition) is 2. The van der Waals surface area contributed by atoms with Crippen LogP contribution >= 0.6 is 11.3 Å². The summed E-state index contributed by atoms with van der Waals surface area (Å²) in [4.78, 5) is 38.0. The Labute approximate surface area is 135 Å². The van der Waals surface area contributed by atoms with Crippen LogP contribution in [0.25, 0.3) is 0 Å². The molecule has 0 aliphatic carbocycles. The molecular formula is C13H13N3O5S2. The second-order valence-electron chi connectivity index (χ2n) is 4.61. The van der Waals surface area contributed by atoms with Crippen molar-refractivity contribution in [3.63, 3.8) is 0 Å². The highest BCUT2D eigenvalue weighted by Gasteiger charge is 2.12. The van der Waals surface area contributed by atoms with Crippen LogP contribution in [0.15, 0.2) is 40.6 Å². The Balaban J connectivity index is 2.17. The van der Waals surface area contributed by atoms with E-state index in [0.717, 1.165) is 16.9 Å². The van der Waals surface area contributed by atoms with Crippen LogP contribution < -0.4 is 15.8 Å². The Hall–Kier alpha value is -2.30. The fourth-order valence-electron chi connectivity index (χ4n) is 1.67. The summed E-state index contributed by atoms with van der Waals surface area (Å²) < 4.78 is 23.0. The van der Waals surface area contributed by atoms with Crippen LogP contribution in [-0.4, -0.2) is 30.9 Å². The number of sulfonamides is 1. The highest BCUT2D eigenvalue weighted by atomic mass is 32.2. The summed E-state index contributed by atoms with van der Waals surface area (Å²) in [7, 11) is -3.60. The van der Waals surface area contributed by atoms with E-state index in [1.54, 1.807) is 17.5 Å². The van der Waals surface area contributed by atoms with Crippen molar-refractivity contribution < 1.29 is 18.0 Å². The number of ketones is 1. The first-order valence-electron chi connectivity index (χ1n) is 6.30. The predicted molar refractivity (Wildman–Crippen MR) is 84.8 cm³/mol. The molecule has 0 radical (unpaired) electrons. The molecule has 0 unspecified atom stereocenters. The van der Waals surface area contributed by atoms with Crippen LogP contribution in [-0.2, 0) is 16.6 Å². The van der Waals surface area contributed by atoms with E-state index in [2.05, 4.69) is 0 Å². The Kier molecular flexibility index (Phi) is 5.08. The molecular weight excluding hydrogens is 342 g/mol. The van der Waals surface area contributed by atoms with Crippen LogP contribution in [0.2, 0.25) is 0 Å². The minimum atomic E-state index is -3.60. The van der Waals surface area contributed by atoms with Crippen molar-refractivity contribution in [2.24, 2.45) is 0 Å². The summed E-state index contributed by atoms with van der Waals surface area (Å²) in [5.74, 6) is -0.998. The molecule has 2 heterocycles. The van der Waals surface area contributed by atoms with Crippen LogP contribution in [0, 0.1) is 0 Å². The van der Waals surface area contributed by atoms with Gasteiger partial charge in [-0.15, -0.1) is 16.2 Å². The van der Waals surface area contributed by atoms with Gasteiger partial charge in [-0.3, -0.25) is 19.8 Å². The lowest BCUT2D eigenvalue weighted by atomic mass is 10.2. The molecule has 23 heavy (non-hydrogen) atoms. The largest absolute Gasteiger partial charge is 0.307 e. The third-order valence-corrected chi connectivity index (χ3v) is 4.09. The lowest BCUT2D eigenvalue weighted by Gasteiger charge is -2.08. The molecule has 0 aliphatic heterocycles. The maximum absolute atomic E-state index is 12.0. The molecule has 0 fully saturated rings. The molecule has 2 aromatic heterocycles. The van der Waals surface area contributed by atoms with Gasteiger partial charge in [0.1, 0.15) is 0 Å². The van der Waals surface area contributed by atoms with Crippen molar-refractivity contribution in [3.8, 4) is 0 Å². The highest BCUT2D eigenvalue weighted by Crippen LogP contribution is 2.10. The molecule has 0 aromatic carbocycles. The zero-order chi connectivity index (χ0) is 17.0. The van der Waals surface area contributed by atoms with Crippen LogP contribution in [0.1, 0.15) is 20.0 Å². The van der Waals surface area contributed by atoms with Gasteiger partial charge in [0.2, 0.25) is 10.0 Å². The lowest BCUT2D eigenvalue weighted by Crippen LogP contribution is -2.41. The van der Waals surface area contributed by atoms with E-state index >= 15 is 0 Å². The predicted octanol–water partition coefficient (Wildman–Crippen LogP) is -0.0133. The fourth-order valence-corrected chi connectivity index (χ4v) is 2.61. The van der Waals surface area contributed by atoms with Crippen molar-refractivity contribution in [2.45, 2.75) is 6.54 Å². The molecule has 0 atom stereocenters. The number of thiophene rings is 1. The average Bonchev–Trinajstić information content (AvgIpc) is 3.00. The second-order valence-corrected chi connectivity index (χ2v) is 7.31. The van der Waals surface area contributed by atoms with Crippen molar-refractivity contribution >= 4 is 33.1 Å². The number of hydrazine groups is 1. The second kappa shape index (κ2) is 6.86. The number of aromatic nitrogens is 1. The van der Waals surface area contributed by atoms with Gasteiger partial charge in [0.25, 0.3) is 11.5 Å². The van der Waals surface area contributed by atoms with Gasteiger partial charge >= 0.3 is 0 Å². The molecule has 8 nitrogen and oxygen atoms in total. The Morgan fingerprint density at radius 3 is 2.61 bits per heavy atom. The number of amides is 1. The van der Waals surface area contributed by atoms with Crippen molar-refractivity contribution in [1.82, 2.24) is 14.8 Å². The molecule has 2 aromatic rings. The summed E-state index contributed by atoms with van der Waals surface area (Å²) in [5.41, 5.74) is 1.59. The minimum absolute atomic E-state index is 0.0414. The van der Waals surface area contributed by atoms with Crippen molar-refractivity contribution in [3.05, 3.63) is 56.6 Å². The van der Waals surface area contributed by atoms with Crippen LogP contribution in [0.4, 0.5) is 0 Å². The number of pyridine rings is 1. The number of rotatable bonds is 6. The van der Waals surface area contributed by atoms with Crippen LogP contribution in [0.5, 0.6) is 0 Å². The van der Waals surface area contributed by atoms with Gasteiger partial charge in [0.05, 0.1) is 23.2 Å². The number of nitrogens with one attached hydrogen (secondary N) is 2. The molecule has 2 N–H and O–H groups in total. The zero-order valence-electron chi connectivity index (χ0n) is 12.0. The van der Waals surface area contributed by atoms with Gasteiger partial charge in [0, 0.05) is 12.3 Å². The standard InChI is InChI=1S/C13H13N3O5S2/c1-23(20,21)15-14-13(19)9-4-5-12(18)16(7-9)8-10(17)11-3-2-6-22-11/h2-7,15H,8H2,1H3,(H,14,19). The van der Waals surface area contributed by atoms with E-state index in [-0.39, 0.29) is 17.9 Å². The molecule has 122 valence electrons. The maximum Gasteiger partial charge on any atom is 0.267 e. The maximum atomic E-state index is 12.0. The third-order valence-electron chi connectivity index (χ3n) is 2.71. The first kappa shape index (κ1) is 17.1. The summed E-state index contributed by atoms with van der Waals surface area (Å²) in [6.45, 7) is -0.208. The summed E-state index contributed by atoms with van der Waals surface area (Å²) in [5, 5.41) is 1.75. The van der Waals surface area contributed by atoms with E-state index in [1.807, 2.05) is 10.3 Å². The Morgan fingerprint density at radius 1 is 1.26 bits per heavy atom. The highest BCUT2D eigenvalue weighted by molar-refractivity contribution is 7.88. The molecule has 0 spiro atoms. The first-order valence-corrected chi connectivity index (χ1v) is 9.08. The Bertz CT molecular complexity index is 885. The van der Waals surface area contributed by atoms with Gasteiger partial charge in [0.15, 0.2) is 5.78 Å². The smallest absolute Gasteiger partial charge is 0.267 e. The number of carbonyl (C=O) groups is 2. The zero-order valence-corrected chi connectivity index (χ0v) is 13.6. The normalized spacial score (nSPS) is 11.2. The van der Waals surface area contributed by atoms with E-state index in [1.165, 1.54) is 23.6 Å². The molecule has 10 heteroatoms. The molecule has 2 rings (SSSR count). The molecule has 1 amide bonds. The van der Waals surface area contributed by atoms with E-state index in [9.17, 15) is 22.8 Å². The van der Waals surface area contributed by atoms with Crippen molar-refractivity contribution in [2.75, 3.05) is 6.26 Å². The number of carbonyl (C=O) groups excluding carboxylic acids is 2. The summed E-state index contributed by atoms with van der Waals surface area (Å²) in [6.07, 6.45) is 2.08. The number of Topliss-reactive ketones (excluding diaryl/α,β-unsaturated/α-hetero) is 1. The van der Waals surface area contributed by atoms with Gasteiger partial charge in [-0.2, -0.15) is 0 Å². The molecule has 0 saturated heterocycles. The van der Waals surface area contributed by atoms with Crippen molar-refractivity contribution in [1.29, 1.82) is 0 Å². The van der Waals surface area contributed by atoms with Gasteiger partial charge < -0.3 is 4.57 Å². The third kappa shape index (κ3) is 4.84. The van der Waals surface area contributed by atoms with Gasteiger partial charge in [-0.25, -0.2) is 8.42 Å². The average molecular weight is 355 g/mol. The summed E-state index contributed by atoms with van der Waals surface area (Å²) in [6, 6.07) is 5.75. The van der Waals surface area contributed by atoms with E-state index < -0.39 is 21.5 Å². The Morgan fingerprint density at radius 2 is 2.00 bits per heavy atom. The molecule has 0 bridgehead atoms. The quantitative estimate of drug-likeness (QED) is 0.559. The topological polar surface area (TPSA) is 114 Å². The first-order chi connectivity index (χ1) is 10.8.